The Bertz CT molecular complexity index is 1330. The summed E-state index contributed by atoms with van der Waals surface area (Å²) in [5, 5.41) is 3.42. The molecular formula is C25H29N7O2. The van der Waals surface area contributed by atoms with Crippen molar-refractivity contribution in [2.24, 2.45) is 5.73 Å². The summed E-state index contributed by atoms with van der Waals surface area (Å²) in [4.78, 5) is 25.5. The second-order valence-electron chi connectivity index (χ2n) is 8.98. The van der Waals surface area contributed by atoms with E-state index in [1.165, 1.54) is 12.0 Å². The number of fused-ring (bicyclic) bond motifs is 1. The number of primary amides is 1. The summed E-state index contributed by atoms with van der Waals surface area (Å²) in [6, 6.07) is 11.1. The van der Waals surface area contributed by atoms with E-state index in [1.54, 1.807) is 18.5 Å². The van der Waals surface area contributed by atoms with Gasteiger partial charge in [-0.1, -0.05) is 6.07 Å². The maximum Gasteiger partial charge on any atom is 0.284 e. The lowest BCUT2D eigenvalue weighted by Crippen LogP contribution is -2.54. The van der Waals surface area contributed by atoms with Gasteiger partial charge >= 0.3 is 0 Å². The lowest BCUT2D eigenvalue weighted by molar-refractivity contribution is 0.0974. The molecule has 0 radical (unpaired) electrons. The van der Waals surface area contributed by atoms with Gasteiger partial charge in [0.05, 0.1) is 11.9 Å². The Morgan fingerprint density at radius 2 is 2.09 bits per heavy atom. The third-order valence-corrected chi connectivity index (χ3v) is 6.38. The van der Waals surface area contributed by atoms with Crippen LogP contribution in [-0.2, 0) is 0 Å². The van der Waals surface area contributed by atoms with Crippen LogP contribution in [0.1, 0.15) is 31.3 Å². The number of nitrogens with two attached hydrogens (primary N) is 1. The average Bonchev–Trinajstić information content (AvgIpc) is 3.50. The van der Waals surface area contributed by atoms with Crippen molar-refractivity contribution in [1.82, 2.24) is 19.3 Å². The summed E-state index contributed by atoms with van der Waals surface area (Å²) >= 11 is 0. The number of benzene rings is 1. The molecule has 9 heteroatoms. The van der Waals surface area contributed by atoms with Crippen LogP contribution in [-0.4, -0.2) is 56.9 Å². The molecule has 9 nitrogen and oxygen atoms in total. The number of piperazine rings is 1. The second kappa shape index (κ2) is 8.83. The van der Waals surface area contributed by atoms with Crippen molar-refractivity contribution in [3.63, 3.8) is 0 Å². The molecule has 5 rings (SSSR count). The minimum atomic E-state index is -0.612. The Hall–Kier alpha value is -3.85. The molecule has 1 amide bonds. The van der Waals surface area contributed by atoms with Crippen LogP contribution < -0.4 is 16.0 Å². The van der Waals surface area contributed by atoms with E-state index in [2.05, 4.69) is 64.1 Å². The Balaban J connectivity index is 1.39. The van der Waals surface area contributed by atoms with Crippen LogP contribution in [0, 0.1) is 0 Å². The zero-order valence-electron chi connectivity index (χ0n) is 19.6. The first-order chi connectivity index (χ1) is 16.4. The van der Waals surface area contributed by atoms with E-state index < -0.39 is 5.91 Å². The minimum absolute atomic E-state index is 0.103. The Morgan fingerprint density at radius 1 is 1.24 bits per heavy atom. The molecule has 1 atom stereocenters. The Kier molecular flexibility index (Phi) is 5.70. The molecule has 1 saturated heterocycles. The van der Waals surface area contributed by atoms with Crippen LogP contribution >= 0.6 is 0 Å². The van der Waals surface area contributed by atoms with Crippen molar-refractivity contribution >= 4 is 28.7 Å². The first kappa shape index (κ1) is 22.0. The number of aromatic nitrogens is 3. The van der Waals surface area contributed by atoms with E-state index in [0.717, 1.165) is 31.0 Å². The molecule has 0 bridgehead atoms. The van der Waals surface area contributed by atoms with E-state index >= 15 is 0 Å². The van der Waals surface area contributed by atoms with Gasteiger partial charge in [-0.2, -0.15) is 0 Å². The summed E-state index contributed by atoms with van der Waals surface area (Å²) < 4.78 is 7.17. The van der Waals surface area contributed by atoms with Crippen LogP contribution in [0.4, 0.5) is 17.2 Å². The lowest BCUT2D eigenvalue weighted by atomic mass is 10.1. The fourth-order valence-corrected chi connectivity index (χ4v) is 4.71. The van der Waals surface area contributed by atoms with Gasteiger partial charge in [0, 0.05) is 61.0 Å². The molecule has 0 aliphatic carbocycles. The van der Waals surface area contributed by atoms with Gasteiger partial charge in [-0.15, -0.1) is 0 Å². The van der Waals surface area contributed by atoms with Gasteiger partial charge in [0.15, 0.2) is 17.2 Å². The highest BCUT2D eigenvalue weighted by Crippen LogP contribution is 2.29. The molecule has 4 aromatic rings. The summed E-state index contributed by atoms with van der Waals surface area (Å²) in [5.41, 5.74) is 9.57. The standard InChI is InChI=1S/C25H29N7O2/c1-16(2)31-10-9-30(14-17(31)3)20-6-4-5-19(12-20)29-24-25-27-7-8-32(25)21(13-28-24)18-11-22(23(26)33)34-15-18/h4-8,11-13,15-17H,9-10,14H2,1-3H3,(H2,26,33)(H,28,29). The fraction of sp³-hybridized carbons (Fsp3) is 0.320. The van der Waals surface area contributed by atoms with Gasteiger partial charge in [0.25, 0.3) is 5.91 Å². The predicted molar refractivity (Wildman–Crippen MR) is 132 cm³/mol. The number of nitrogens with zero attached hydrogens (tertiary/aromatic N) is 5. The number of anilines is 3. The molecule has 176 valence electrons. The normalized spacial score (nSPS) is 16.9. The summed E-state index contributed by atoms with van der Waals surface area (Å²) in [6.07, 6.45) is 6.78. The molecule has 1 aliphatic heterocycles. The van der Waals surface area contributed by atoms with Gasteiger partial charge < -0.3 is 20.4 Å². The summed E-state index contributed by atoms with van der Waals surface area (Å²) in [7, 11) is 0. The maximum atomic E-state index is 11.4. The molecule has 4 heterocycles. The molecule has 0 saturated carbocycles. The molecular weight excluding hydrogens is 430 g/mol. The Morgan fingerprint density at radius 3 is 2.82 bits per heavy atom. The molecule has 1 fully saturated rings. The Labute approximate surface area is 198 Å². The number of hydrogen-bond acceptors (Lipinski definition) is 7. The molecule has 1 aliphatic rings. The predicted octanol–water partition coefficient (Wildman–Crippen LogP) is 3.75. The highest BCUT2D eigenvalue weighted by molar-refractivity contribution is 5.91. The molecule has 1 aromatic carbocycles. The largest absolute Gasteiger partial charge is 0.458 e. The highest BCUT2D eigenvalue weighted by Gasteiger charge is 2.25. The third-order valence-electron chi connectivity index (χ3n) is 6.38. The van der Waals surface area contributed by atoms with Crippen LogP contribution in [0.2, 0.25) is 0 Å². The number of rotatable bonds is 6. The number of carbonyl (C=O) groups excluding carboxylic acids is 1. The molecule has 3 N–H and O–H groups in total. The molecule has 1 unspecified atom stereocenters. The van der Waals surface area contributed by atoms with Crippen molar-refractivity contribution in [2.75, 3.05) is 29.9 Å². The fourth-order valence-electron chi connectivity index (χ4n) is 4.71. The van der Waals surface area contributed by atoms with Gasteiger partial charge in [0.1, 0.15) is 6.26 Å². The number of imidazole rings is 1. The van der Waals surface area contributed by atoms with Crippen molar-refractivity contribution in [2.45, 2.75) is 32.9 Å². The number of carbonyl (C=O) groups is 1. The summed E-state index contributed by atoms with van der Waals surface area (Å²) in [6.45, 7) is 9.86. The maximum absolute atomic E-state index is 11.4. The zero-order valence-corrected chi connectivity index (χ0v) is 19.6. The SMILES string of the molecule is CC(C)N1CCN(c2cccc(Nc3ncc(-c4coc(C(N)=O)c4)n4ccnc34)c2)CC1C. The number of hydrogen-bond donors (Lipinski definition) is 2. The third kappa shape index (κ3) is 4.10. The minimum Gasteiger partial charge on any atom is -0.458 e. The van der Waals surface area contributed by atoms with E-state index in [9.17, 15) is 4.79 Å². The first-order valence-corrected chi connectivity index (χ1v) is 11.5. The van der Waals surface area contributed by atoms with Gasteiger partial charge in [-0.3, -0.25) is 14.1 Å². The van der Waals surface area contributed by atoms with E-state index in [4.69, 9.17) is 10.2 Å². The zero-order chi connectivity index (χ0) is 23.8. The molecule has 3 aromatic heterocycles. The van der Waals surface area contributed by atoms with Gasteiger partial charge in [0.2, 0.25) is 0 Å². The van der Waals surface area contributed by atoms with Crippen molar-refractivity contribution in [1.29, 1.82) is 0 Å². The topological polar surface area (TPSA) is 105 Å². The van der Waals surface area contributed by atoms with E-state index in [-0.39, 0.29) is 5.76 Å². The van der Waals surface area contributed by atoms with Crippen molar-refractivity contribution in [3.05, 3.63) is 60.9 Å². The van der Waals surface area contributed by atoms with Gasteiger partial charge in [-0.25, -0.2) is 9.97 Å². The van der Waals surface area contributed by atoms with Gasteiger partial charge in [-0.05, 0) is 45.0 Å². The number of nitrogens with one attached hydrogen (secondary N) is 1. The lowest BCUT2D eigenvalue weighted by Gasteiger charge is -2.43. The molecule has 0 spiro atoms. The number of furan rings is 1. The number of amides is 1. The van der Waals surface area contributed by atoms with Crippen LogP contribution in [0.25, 0.3) is 16.9 Å². The van der Waals surface area contributed by atoms with Crippen molar-refractivity contribution < 1.29 is 9.21 Å². The van der Waals surface area contributed by atoms with Crippen LogP contribution in [0.3, 0.4) is 0 Å². The highest BCUT2D eigenvalue weighted by atomic mass is 16.3. The molecule has 34 heavy (non-hydrogen) atoms. The average molecular weight is 460 g/mol. The smallest absolute Gasteiger partial charge is 0.284 e. The monoisotopic (exact) mass is 459 g/mol. The van der Waals surface area contributed by atoms with Crippen LogP contribution in [0.5, 0.6) is 0 Å². The second-order valence-corrected chi connectivity index (χ2v) is 8.98. The quantitative estimate of drug-likeness (QED) is 0.452. The van der Waals surface area contributed by atoms with E-state index in [1.807, 2.05) is 16.7 Å². The summed E-state index contributed by atoms with van der Waals surface area (Å²) in [5.74, 6) is 0.132. The first-order valence-electron chi connectivity index (χ1n) is 11.5. The van der Waals surface area contributed by atoms with Crippen molar-refractivity contribution in [3.8, 4) is 11.3 Å². The van der Waals surface area contributed by atoms with Crippen LogP contribution in [0.15, 0.2) is 59.6 Å². The van der Waals surface area contributed by atoms with E-state index in [0.29, 0.717) is 29.1 Å².